The summed E-state index contributed by atoms with van der Waals surface area (Å²) in [6.45, 7) is 3.72. The fraction of sp³-hybridized carbons (Fsp3) is 0.818. The third-order valence-corrected chi connectivity index (χ3v) is 11.1. The zero-order valence-electron chi connectivity index (χ0n) is 37.4. The lowest BCUT2D eigenvalue weighted by Crippen LogP contribution is -2.30. The Morgan fingerprint density at radius 2 is 1.08 bits per heavy atom. The van der Waals surface area contributed by atoms with E-state index in [1.165, 1.54) is 70.6 Å². The molecule has 0 heterocycles. The molecule has 0 aromatic heterocycles. The van der Waals surface area contributed by atoms with E-state index in [9.17, 15) is 38.9 Å². The van der Waals surface area contributed by atoms with E-state index in [1.54, 1.807) is 6.08 Å². The van der Waals surface area contributed by atoms with E-state index in [0.29, 0.717) is 12.8 Å². The molecule has 358 valence electrons. The van der Waals surface area contributed by atoms with E-state index >= 15 is 0 Å². The van der Waals surface area contributed by atoms with E-state index in [-0.39, 0.29) is 32.1 Å². The summed E-state index contributed by atoms with van der Waals surface area (Å²) in [5, 5.41) is 30.5. The highest BCUT2D eigenvalue weighted by atomic mass is 31.2. The first-order chi connectivity index (χ1) is 29.0. The van der Waals surface area contributed by atoms with Crippen molar-refractivity contribution in [3.63, 3.8) is 0 Å². The van der Waals surface area contributed by atoms with Crippen LogP contribution in [0.1, 0.15) is 175 Å². The molecule has 0 amide bonds. The van der Waals surface area contributed by atoms with Crippen LogP contribution in [0.15, 0.2) is 36.5 Å². The number of hydrogen-bond donors (Lipinski definition) is 6. The van der Waals surface area contributed by atoms with Crippen LogP contribution in [0.4, 0.5) is 0 Å². The van der Waals surface area contributed by atoms with Crippen molar-refractivity contribution in [2.45, 2.75) is 199 Å². The second-order valence-corrected chi connectivity index (χ2v) is 18.8. The topological polar surface area (TPSA) is 236 Å². The Bertz CT molecular complexity index is 1270. The van der Waals surface area contributed by atoms with Gasteiger partial charge in [0.05, 0.1) is 32.0 Å². The van der Waals surface area contributed by atoms with Crippen LogP contribution in [-0.2, 0) is 41.8 Å². The van der Waals surface area contributed by atoms with E-state index in [1.807, 2.05) is 12.2 Å². The highest BCUT2D eigenvalue weighted by Gasteiger charge is 2.28. The summed E-state index contributed by atoms with van der Waals surface area (Å²) in [7, 11) is -9.78. The Hall–Kier alpha value is -1.74. The average molecular weight is 913 g/mol. The van der Waals surface area contributed by atoms with Gasteiger partial charge in [0.2, 0.25) is 0 Å². The number of carbonyl (C=O) groups is 2. The minimum Gasteiger partial charge on any atom is -0.462 e. The molecule has 0 aromatic carbocycles. The average Bonchev–Trinajstić information content (AvgIpc) is 3.20. The van der Waals surface area contributed by atoms with Crippen molar-refractivity contribution >= 4 is 27.6 Å². The zero-order chi connectivity index (χ0) is 45.6. The lowest BCUT2D eigenvalue weighted by Gasteiger charge is -2.21. The van der Waals surface area contributed by atoms with Crippen LogP contribution in [0, 0.1) is 5.92 Å². The molecular weight excluding hydrogens is 830 g/mol. The smallest absolute Gasteiger partial charge is 0.462 e. The first-order valence-corrected chi connectivity index (χ1v) is 25.7. The minimum absolute atomic E-state index is 0.0944. The molecule has 0 saturated carbocycles. The molecule has 15 nitrogen and oxygen atoms in total. The van der Waals surface area contributed by atoms with Crippen molar-refractivity contribution in [2.75, 3.05) is 26.4 Å². The number of rotatable bonds is 42. The largest absolute Gasteiger partial charge is 0.472 e. The van der Waals surface area contributed by atoms with Crippen LogP contribution in [0.2, 0.25) is 0 Å². The first-order valence-electron chi connectivity index (χ1n) is 22.7. The van der Waals surface area contributed by atoms with Gasteiger partial charge in [0.1, 0.15) is 12.7 Å². The predicted molar refractivity (Wildman–Crippen MR) is 237 cm³/mol. The molecule has 0 fully saturated rings. The summed E-state index contributed by atoms with van der Waals surface area (Å²) in [6, 6.07) is 0. The first kappa shape index (κ1) is 59.3. The quantitative estimate of drug-likeness (QED) is 0.0145. The highest BCUT2D eigenvalue weighted by Crippen LogP contribution is 2.43. The van der Waals surface area contributed by atoms with E-state index in [2.05, 4.69) is 48.0 Å². The summed E-state index contributed by atoms with van der Waals surface area (Å²) in [5.74, 6) is -0.531. The molecule has 0 bridgehead atoms. The van der Waals surface area contributed by atoms with Crippen LogP contribution in [0.5, 0.6) is 0 Å². The number of carbonyl (C=O) groups excluding carboxylic acids is 2. The van der Waals surface area contributed by atoms with Crippen LogP contribution >= 0.6 is 15.6 Å². The van der Waals surface area contributed by atoms with Gasteiger partial charge in [-0.25, -0.2) is 9.13 Å². The van der Waals surface area contributed by atoms with Crippen molar-refractivity contribution in [1.29, 1.82) is 0 Å². The maximum absolute atomic E-state index is 12.7. The van der Waals surface area contributed by atoms with Crippen molar-refractivity contribution in [3.8, 4) is 0 Å². The number of phosphoric ester groups is 2. The van der Waals surface area contributed by atoms with Gasteiger partial charge in [-0.1, -0.05) is 147 Å². The molecule has 0 aliphatic carbocycles. The molecule has 0 radical (unpaired) electrons. The Balaban J connectivity index is 4.73. The minimum atomic E-state index is -4.90. The number of aliphatic hydroxyl groups excluding tert-OH is 3. The molecule has 17 heteroatoms. The number of unbranched alkanes of at least 4 members (excludes halogenated alkanes) is 14. The van der Waals surface area contributed by atoms with E-state index in [4.69, 9.17) is 23.8 Å². The van der Waals surface area contributed by atoms with Gasteiger partial charge in [-0.15, -0.1) is 0 Å². The van der Waals surface area contributed by atoms with Crippen molar-refractivity contribution in [3.05, 3.63) is 36.5 Å². The van der Waals surface area contributed by atoms with Gasteiger partial charge in [-0.05, 0) is 57.3 Å². The fourth-order valence-corrected chi connectivity index (χ4v) is 7.20. The lowest BCUT2D eigenvalue weighted by molar-refractivity contribution is -0.161. The van der Waals surface area contributed by atoms with Gasteiger partial charge >= 0.3 is 27.6 Å². The fourth-order valence-electron chi connectivity index (χ4n) is 6.05. The Morgan fingerprint density at radius 3 is 1.67 bits per heavy atom. The molecule has 5 atom stereocenters. The Kier molecular flexibility index (Phi) is 37.6. The standard InChI is InChI=1S/C44H82O15P2/c1-4-5-6-7-8-9-10-14-17-20-23-26-30-41(46)42(47)31-28-33-44(49)59-40(37-58-61(53,54)57-35-39(45)34-56-60(50,51)52)36-55-43(48)32-27-24-21-18-15-12-11-13-16-19-22-25-29-38(2)3/h8-9,14,17,23,26,38-42,45-47H,4-7,10-13,15-16,18-22,24-25,27-37H2,1-3H3,(H,53,54)(H2,50,51,52)/b9-8-,17-14-,26-23-/t39-,40+,41?,42?/m0/s1. The summed E-state index contributed by atoms with van der Waals surface area (Å²) in [5.41, 5.74) is 0. The third kappa shape index (κ3) is 42.0. The van der Waals surface area contributed by atoms with Gasteiger partial charge in [-0.2, -0.15) is 0 Å². The van der Waals surface area contributed by atoms with E-state index in [0.717, 1.165) is 44.4 Å². The number of ether oxygens (including phenoxy) is 2. The molecule has 0 rings (SSSR count). The van der Waals surface area contributed by atoms with Gasteiger partial charge in [0.25, 0.3) is 0 Å². The number of aliphatic hydroxyl groups is 3. The SMILES string of the molecule is CCCCC/C=C\C/C=C\C/C=C\CC(O)C(O)CCCC(=O)O[C@H](COC(=O)CCCCCCCCCCCCCCC(C)C)COP(=O)(O)OC[C@@H](O)COP(=O)(O)O. The second-order valence-electron chi connectivity index (χ2n) is 16.1. The molecule has 61 heavy (non-hydrogen) atoms. The monoisotopic (exact) mass is 913 g/mol. The van der Waals surface area contributed by atoms with Gasteiger partial charge in [0.15, 0.2) is 6.10 Å². The summed E-state index contributed by atoms with van der Waals surface area (Å²) in [4.78, 5) is 52.8. The maximum atomic E-state index is 12.7. The van der Waals surface area contributed by atoms with Crippen LogP contribution in [-0.4, -0.2) is 92.8 Å². The van der Waals surface area contributed by atoms with E-state index < -0.39 is 78.4 Å². The molecule has 0 aromatic rings. The zero-order valence-corrected chi connectivity index (χ0v) is 39.2. The van der Waals surface area contributed by atoms with Gasteiger partial charge in [0, 0.05) is 12.8 Å². The molecule has 6 N–H and O–H groups in total. The van der Waals surface area contributed by atoms with Crippen molar-refractivity contribution < 1.29 is 71.8 Å². The predicted octanol–water partition coefficient (Wildman–Crippen LogP) is 9.47. The number of allylic oxidation sites excluding steroid dienone is 5. The summed E-state index contributed by atoms with van der Waals surface area (Å²) < 4.78 is 47.6. The van der Waals surface area contributed by atoms with Crippen molar-refractivity contribution in [1.82, 2.24) is 0 Å². The highest BCUT2D eigenvalue weighted by molar-refractivity contribution is 7.47. The molecule has 0 aliphatic heterocycles. The Labute approximate surface area is 366 Å². The number of phosphoric acid groups is 2. The van der Waals surface area contributed by atoms with Crippen LogP contribution in [0.25, 0.3) is 0 Å². The molecule has 3 unspecified atom stereocenters. The third-order valence-electron chi connectivity index (χ3n) is 9.65. The lowest BCUT2D eigenvalue weighted by atomic mass is 10.0. The van der Waals surface area contributed by atoms with Gasteiger partial charge in [-0.3, -0.25) is 23.2 Å². The number of esters is 2. The number of hydrogen-bond acceptors (Lipinski definition) is 12. The molecule has 0 spiro atoms. The second kappa shape index (κ2) is 38.7. The molecule has 0 aliphatic rings. The summed E-state index contributed by atoms with van der Waals surface area (Å²) in [6.07, 6.45) is 28.8. The maximum Gasteiger partial charge on any atom is 0.472 e. The molecule has 0 saturated heterocycles. The molecular formula is C44H82O15P2. The summed E-state index contributed by atoms with van der Waals surface area (Å²) >= 11 is 0. The normalized spacial score (nSPS) is 15.4. The van der Waals surface area contributed by atoms with Crippen molar-refractivity contribution in [2.24, 2.45) is 5.92 Å². The van der Waals surface area contributed by atoms with Crippen LogP contribution < -0.4 is 0 Å². The van der Waals surface area contributed by atoms with Gasteiger partial charge < -0.3 is 39.5 Å². The Morgan fingerprint density at radius 1 is 0.557 bits per heavy atom. The van der Waals surface area contributed by atoms with Crippen LogP contribution in [0.3, 0.4) is 0 Å².